The van der Waals surface area contributed by atoms with E-state index in [1.807, 2.05) is 30.3 Å². The van der Waals surface area contributed by atoms with Gasteiger partial charge in [0.25, 0.3) is 11.5 Å². The molecule has 2 fully saturated rings. The first-order chi connectivity index (χ1) is 15.1. The van der Waals surface area contributed by atoms with Crippen molar-refractivity contribution < 1.29 is 9.53 Å². The summed E-state index contributed by atoms with van der Waals surface area (Å²) in [5.74, 6) is 1.45. The third kappa shape index (κ3) is 4.25. The molecular weight excluding hydrogens is 394 g/mol. The van der Waals surface area contributed by atoms with E-state index in [0.29, 0.717) is 36.1 Å². The topological polar surface area (TPSA) is 101 Å². The first-order valence-corrected chi connectivity index (χ1v) is 11.1. The van der Waals surface area contributed by atoms with Crippen LogP contribution in [0.5, 0.6) is 0 Å². The van der Waals surface area contributed by atoms with Gasteiger partial charge in [-0.3, -0.25) is 9.59 Å². The number of aromatic amines is 1. The van der Waals surface area contributed by atoms with Crippen molar-refractivity contribution in [2.75, 3.05) is 6.54 Å². The predicted molar refractivity (Wildman–Crippen MR) is 115 cm³/mol. The van der Waals surface area contributed by atoms with Gasteiger partial charge in [-0.1, -0.05) is 49.6 Å². The number of aromatic nitrogens is 4. The van der Waals surface area contributed by atoms with Crippen LogP contribution in [0, 0.1) is 5.92 Å². The number of carbonyl (C=O) groups is 1. The average Bonchev–Trinajstić information content (AvgIpc) is 3.53. The van der Waals surface area contributed by atoms with Crippen molar-refractivity contribution in [1.29, 1.82) is 0 Å². The Kier molecular flexibility index (Phi) is 5.31. The number of hydrogen-bond acceptors (Lipinski definition) is 5. The maximum absolute atomic E-state index is 13.0. The molecule has 31 heavy (non-hydrogen) atoms. The molecule has 2 aliphatic carbocycles. The van der Waals surface area contributed by atoms with Gasteiger partial charge in [0.15, 0.2) is 5.82 Å². The van der Waals surface area contributed by atoms with E-state index in [4.69, 9.17) is 4.74 Å². The molecule has 2 saturated carbocycles. The van der Waals surface area contributed by atoms with Gasteiger partial charge in [0, 0.05) is 23.9 Å². The minimum Gasteiger partial charge on any atom is -0.359 e. The molecule has 0 unspecified atom stereocenters. The quantitative estimate of drug-likeness (QED) is 0.611. The number of amides is 1. The van der Waals surface area contributed by atoms with Gasteiger partial charge >= 0.3 is 0 Å². The van der Waals surface area contributed by atoms with Gasteiger partial charge in [-0.15, -0.1) is 5.10 Å². The summed E-state index contributed by atoms with van der Waals surface area (Å²) in [6.45, 7) is 0.880. The normalized spacial score (nSPS) is 18.2. The molecule has 0 radical (unpaired) electrons. The van der Waals surface area contributed by atoms with Crippen LogP contribution in [0.15, 0.2) is 41.2 Å². The van der Waals surface area contributed by atoms with Crippen LogP contribution in [-0.2, 0) is 16.1 Å². The number of benzene rings is 1. The van der Waals surface area contributed by atoms with E-state index in [0.717, 1.165) is 31.4 Å². The van der Waals surface area contributed by atoms with Crippen LogP contribution in [-0.4, -0.2) is 37.6 Å². The molecule has 0 bridgehead atoms. The molecule has 3 aromatic rings. The molecule has 5 rings (SSSR count). The lowest BCUT2D eigenvalue weighted by Gasteiger charge is -2.35. The van der Waals surface area contributed by atoms with E-state index in [-0.39, 0.29) is 18.1 Å². The average molecular weight is 422 g/mol. The van der Waals surface area contributed by atoms with E-state index in [9.17, 15) is 9.59 Å². The van der Waals surface area contributed by atoms with Crippen molar-refractivity contribution in [1.82, 2.24) is 24.9 Å². The largest absolute Gasteiger partial charge is 0.359 e. The number of carbonyl (C=O) groups excluding carboxylic acids is 1. The van der Waals surface area contributed by atoms with Crippen molar-refractivity contribution in [3.05, 3.63) is 52.4 Å². The van der Waals surface area contributed by atoms with Crippen LogP contribution in [0.3, 0.4) is 0 Å². The highest BCUT2D eigenvalue weighted by Crippen LogP contribution is 2.34. The highest BCUT2D eigenvalue weighted by Gasteiger charge is 2.41. The Morgan fingerprint density at radius 3 is 2.71 bits per heavy atom. The Morgan fingerprint density at radius 2 is 1.97 bits per heavy atom. The maximum Gasteiger partial charge on any atom is 0.275 e. The van der Waals surface area contributed by atoms with Crippen LogP contribution in [0.25, 0.3) is 17.2 Å². The Bertz CT molecular complexity index is 1130. The molecule has 0 aliphatic heterocycles. The molecule has 162 valence electrons. The molecule has 1 amide bonds. The number of fused-ring (bicyclic) bond motifs is 1. The molecular formula is C23H27N5O3. The monoisotopic (exact) mass is 421 g/mol. The zero-order valence-electron chi connectivity index (χ0n) is 17.5. The summed E-state index contributed by atoms with van der Waals surface area (Å²) >= 11 is 0. The van der Waals surface area contributed by atoms with Crippen molar-refractivity contribution in [3.63, 3.8) is 0 Å². The highest BCUT2D eigenvalue weighted by molar-refractivity contribution is 5.85. The van der Waals surface area contributed by atoms with Gasteiger partial charge in [0.2, 0.25) is 5.78 Å². The first kappa shape index (κ1) is 19.9. The summed E-state index contributed by atoms with van der Waals surface area (Å²) in [4.78, 5) is 33.2. The van der Waals surface area contributed by atoms with E-state index >= 15 is 0 Å². The minimum atomic E-state index is -0.820. The summed E-state index contributed by atoms with van der Waals surface area (Å²) in [7, 11) is 0. The lowest BCUT2D eigenvalue weighted by Crippen LogP contribution is -2.50. The maximum atomic E-state index is 13.0. The van der Waals surface area contributed by atoms with E-state index < -0.39 is 5.60 Å². The first-order valence-electron chi connectivity index (χ1n) is 11.1. The molecule has 2 heterocycles. The third-order valence-corrected chi connectivity index (χ3v) is 6.25. The molecule has 8 heteroatoms. The van der Waals surface area contributed by atoms with Crippen molar-refractivity contribution in [3.8, 4) is 11.4 Å². The molecule has 0 saturated heterocycles. The summed E-state index contributed by atoms with van der Waals surface area (Å²) in [6.07, 6.45) is 6.86. The Labute approximate surface area is 180 Å². The van der Waals surface area contributed by atoms with Crippen molar-refractivity contribution in [2.45, 2.75) is 57.2 Å². The lowest BCUT2D eigenvalue weighted by molar-refractivity contribution is -0.154. The van der Waals surface area contributed by atoms with Gasteiger partial charge in [-0.2, -0.15) is 9.50 Å². The van der Waals surface area contributed by atoms with Crippen LogP contribution >= 0.6 is 0 Å². The second-order valence-corrected chi connectivity index (χ2v) is 8.67. The molecule has 0 spiro atoms. The van der Waals surface area contributed by atoms with Gasteiger partial charge < -0.3 is 15.0 Å². The predicted octanol–water partition coefficient (Wildman–Crippen LogP) is 2.83. The second-order valence-electron chi connectivity index (χ2n) is 8.67. The number of H-pyrrole nitrogens is 1. The number of nitrogens with zero attached hydrogens (tertiary/aromatic N) is 3. The standard InChI is InChI=1S/C23H27N5O3/c29-19-13-18(25-22-26-20(27-28(19)22)17-7-3-1-4-8-17)15-31-23(11-5-2-6-12-23)21(30)24-14-16-9-10-16/h1,3-4,7-8,13,16H,2,5-6,9-12,14-15H2,(H,24,30)(H,25,26,27). The molecule has 1 aromatic carbocycles. The summed E-state index contributed by atoms with van der Waals surface area (Å²) in [5, 5.41) is 7.41. The number of nitrogens with one attached hydrogen (secondary N) is 2. The fourth-order valence-electron chi connectivity index (χ4n) is 4.22. The van der Waals surface area contributed by atoms with Crippen LogP contribution in [0.2, 0.25) is 0 Å². The van der Waals surface area contributed by atoms with Gasteiger partial charge in [-0.25, -0.2) is 0 Å². The fourth-order valence-corrected chi connectivity index (χ4v) is 4.22. The highest BCUT2D eigenvalue weighted by atomic mass is 16.5. The minimum absolute atomic E-state index is 0.0173. The van der Waals surface area contributed by atoms with Crippen LogP contribution in [0.1, 0.15) is 50.6 Å². The van der Waals surface area contributed by atoms with E-state index in [1.54, 1.807) is 0 Å². The Hall–Kier alpha value is -3.00. The second kappa shape index (κ2) is 8.26. The summed E-state index contributed by atoms with van der Waals surface area (Å²) in [6, 6.07) is 11.0. The number of hydrogen-bond donors (Lipinski definition) is 2. The van der Waals surface area contributed by atoms with Crippen LogP contribution < -0.4 is 10.9 Å². The van der Waals surface area contributed by atoms with Gasteiger partial charge in [-0.05, 0) is 31.6 Å². The number of ether oxygens (including phenoxy) is 1. The Morgan fingerprint density at radius 1 is 1.19 bits per heavy atom. The van der Waals surface area contributed by atoms with Gasteiger partial charge in [0.1, 0.15) is 5.60 Å². The lowest BCUT2D eigenvalue weighted by atomic mass is 9.83. The smallest absolute Gasteiger partial charge is 0.275 e. The van der Waals surface area contributed by atoms with E-state index in [2.05, 4.69) is 20.4 Å². The van der Waals surface area contributed by atoms with Gasteiger partial charge in [0.05, 0.1) is 6.61 Å². The Balaban J connectivity index is 1.36. The van der Waals surface area contributed by atoms with Crippen molar-refractivity contribution >= 4 is 11.7 Å². The van der Waals surface area contributed by atoms with E-state index in [1.165, 1.54) is 23.4 Å². The molecule has 2 aromatic heterocycles. The number of rotatable bonds is 7. The summed E-state index contributed by atoms with van der Waals surface area (Å²) < 4.78 is 7.48. The zero-order valence-corrected chi connectivity index (χ0v) is 17.5. The molecule has 2 aliphatic rings. The molecule has 8 nitrogen and oxygen atoms in total. The summed E-state index contributed by atoms with van der Waals surface area (Å²) in [5.41, 5.74) is 0.326. The SMILES string of the molecule is O=C(NCC1CC1)C1(OCc2cc(=O)n3nc(-c4ccccc4)nc3[nH]2)CCCCC1. The third-order valence-electron chi connectivity index (χ3n) is 6.25. The van der Waals surface area contributed by atoms with Crippen LogP contribution in [0.4, 0.5) is 0 Å². The zero-order chi connectivity index (χ0) is 21.3. The fraction of sp³-hybridized carbons (Fsp3) is 0.478. The molecule has 2 N–H and O–H groups in total. The van der Waals surface area contributed by atoms with Crippen molar-refractivity contribution in [2.24, 2.45) is 5.92 Å². The molecule has 0 atom stereocenters.